The van der Waals surface area contributed by atoms with Crippen LogP contribution in [0.3, 0.4) is 0 Å². The van der Waals surface area contributed by atoms with Crippen molar-refractivity contribution in [3.05, 3.63) is 76.8 Å². The summed E-state index contributed by atoms with van der Waals surface area (Å²) in [6.07, 6.45) is -1.99. The van der Waals surface area contributed by atoms with E-state index in [1.54, 1.807) is 24.3 Å². The molecule has 0 radical (unpaired) electrons. The number of rotatable bonds is 5. The number of hydrogen-bond acceptors (Lipinski definition) is 6. The van der Waals surface area contributed by atoms with Gasteiger partial charge >= 0.3 is 12.3 Å². The van der Waals surface area contributed by atoms with Gasteiger partial charge in [0.05, 0.1) is 25.5 Å². The first-order chi connectivity index (χ1) is 15.7. The maximum absolute atomic E-state index is 13.1. The van der Waals surface area contributed by atoms with Gasteiger partial charge in [0.15, 0.2) is 0 Å². The number of alkyl halides is 3. The van der Waals surface area contributed by atoms with E-state index in [-0.39, 0.29) is 16.8 Å². The van der Waals surface area contributed by atoms with Crippen LogP contribution in [0.15, 0.2) is 65.7 Å². The van der Waals surface area contributed by atoms with Crippen LogP contribution in [0.2, 0.25) is 0 Å². The zero-order chi connectivity index (χ0) is 23.8. The number of pyridine rings is 1. The minimum absolute atomic E-state index is 0.00924. The van der Waals surface area contributed by atoms with Crippen molar-refractivity contribution in [2.45, 2.75) is 6.36 Å². The van der Waals surface area contributed by atoms with Gasteiger partial charge in [-0.15, -0.1) is 13.2 Å². The fraction of sp³-hybridized carbons (Fsp3) is 0.136. The molecular formula is C22H16F3N3O5. The largest absolute Gasteiger partial charge is 0.573 e. The van der Waals surface area contributed by atoms with Crippen LogP contribution in [0.4, 0.5) is 13.2 Å². The molecule has 170 valence electrons. The second-order valence-electron chi connectivity index (χ2n) is 6.79. The van der Waals surface area contributed by atoms with E-state index >= 15 is 0 Å². The van der Waals surface area contributed by atoms with Crippen molar-refractivity contribution in [2.24, 2.45) is 0 Å². The van der Waals surface area contributed by atoms with Crippen molar-refractivity contribution in [1.29, 1.82) is 0 Å². The number of esters is 1. The summed E-state index contributed by atoms with van der Waals surface area (Å²) in [7, 11) is 2.70. The molecule has 0 N–H and O–H groups in total. The van der Waals surface area contributed by atoms with E-state index in [0.717, 1.165) is 16.8 Å². The molecule has 0 aromatic heterocycles. The van der Waals surface area contributed by atoms with Gasteiger partial charge in [0.1, 0.15) is 22.8 Å². The lowest BCUT2D eigenvalue weighted by Crippen LogP contribution is -2.17. The van der Waals surface area contributed by atoms with Crippen molar-refractivity contribution in [1.82, 2.24) is 14.3 Å². The Morgan fingerprint density at radius 1 is 0.909 bits per heavy atom. The van der Waals surface area contributed by atoms with Gasteiger partial charge < -0.3 is 18.8 Å². The second kappa shape index (κ2) is 8.34. The van der Waals surface area contributed by atoms with Gasteiger partial charge in [-0.3, -0.25) is 4.79 Å². The van der Waals surface area contributed by atoms with E-state index in [1.165, 1.54) is 43.3 Å². The van der Waals surface area contributed by atoms with Crippen LogP contribution in [0, 0.1) is 0 Å². The molecule has 0 amide bonds. The zero-order valence-corrected chi connectivity index (χ0v) is 17.3. The Kier molecular flexibility index (Phi) is 5.54. The fourth-order valence-corrected chi connectivity index (χ4v) is 3.23. The van der Waals surface area contributed by atoms with Gasteiger partial charge in [-0.2, -0.15) is 9.78 Å². The molecule has 0 spiro atoms. The molecule has 0 unspecified atom stereocenters. The second-order valence-corrected chi connectivity index (χ2v) is 6.79. The third-order valence-electron chi connectivity index (χ3n) is 4.76. The summed E-state index contributed by atoms with van der Waals surface area (Å²) in [6.45, 7) is 0. The topological polar surface area (TPSA) is 84.6 Å². The molecule has 11 heteroatoms. The van der Waals surface area contributed by atoms with Gasteiger partial charge in [0.2, 0.25) is 0 Å². The highest BCUT2D eigenvalue weighted by Crippen LogP contribution is 2.27. The van der Waals surface area contributed by atoms with E-state index < -0.39 is 23.6 Å². The van der Waals surface area contributed by atoms with E-state index in [1.807, 2.05) is 0 Å². The number of ether oxygens (including phenoxy) is 3. The maximum atomic E-state index is 13.1. The van der Waals surface area contributed by atoms with Gasteiger partial charge in [-0.05, 0) is 48.5 Å². The molecule has 2 aromatic rings. The van der Waals surface area contributed by atoms with Gasteiger partial charge in [-0.25, -0.2) is 4.79 Å². The van der Waals surface area contributed by atoms with Crippen LogP contribution in [-0.4, -0.2) is 40.9 Å². The molecule has 4 rings (SSSR count). The molecule has 0 saturated heterocycles. The lowest BCUT2D eigenvalue weighted by Gasteiger charge is -2.13. The first-order valence-corrected chi connectivity index (χ1v) is 9.44. The molecular weight excluding hydrogens is 443 g/mol. The number of nitrogens with zero attached hydrogens (tertiary/aromatic N) is 3. The van der Waals surface area contributed by atoms with E-state index in [4.69, 9.17) is 9.47 Å². The molecule has 0 bridgehead atoms. The third kappa shape index (κ3) is 4.38. The summed E-state index contributed by atoms with van der Waals surface area (Å²) in [5.74, 6) is -0.544. The zero-order valence-electron chi connectivity index (χ0n) is 17.3. The molecule has 2 heterocycles. The number of aromatic nitrogens is 3. The van der Waals surface area contributed by atoms with Crippen molar-refractivity contribution >= 4 is 5.97 Å². The fourth-order valence-electron chi connectivity index (χ4n) is 3.23. The number of hydrogen-bond donors (Lipinski definition) is 0. The Morgan fingerprint density at radius 3 is 2.09 bits per heavy atom. The minimum atomic E-state index is -4.82. The molecule has 0 fully saturated rings. The van der Waals surface area contributed by atoms with Crippen LogP contribution in [0.1, 0.15) is 10.4 Å². The summed E-state index contributed by atoms with van der Waals surface area (Å²) in [5, 5.41) is 4.30. The summed E-state index contributed by atoms with van der Waals surface area (Å²) in [4.78, 5) is 25.5. The van der Waals surface area contributed by atoms with Crippen molar-refractivity contribution < 1.29 is 32.2 Å². The van der Waals surface area contributed by atoms with E-state index in [2.05, 4.69) is 9.84 Å². The SMILES string of the molecule is COC(=O)c1cn(-c2ccc(OC(F)(F)F)cc2)cc2c(=O)n(-c3ccc(OC)cc3)nc1-2. The van der Waals surface area contributed by atoms with E-state index in [0.29, 0.717) is 17.1 Å². The average molecular weight is 459 g/mol. The number of methoxy groups -OCH3 is 2. The van der Waals surface area contributed by atoms with Crippen molar-refractivity contribution in [3.63, 3.8) is 0 Å². The van der Waals surface area contributed by atoms with Crippen LogP contribution >= 0.6 is 0 Å². The summed E-state index contributed by atoms with van der Waals surface area (Å²) in [5.41, 5.74) is 0.586. The molecule has 8 nitrogen and oxygen atoms in total. The van der Waals surface area contributed by atoms with Crippen LogP contribution in [0.5, 0.6) is 11.5 Å². The highest BCUT2D eigenvalue weighted by atomic mass is 19.4. The Morgan fingerprint density at radius 2 is 1.52 bits per heavy atom. The van der Waals surface area contributed by atoms with Crippen LogP contribution < -0.4 is 15.0 Å². The predicted molar refractivity (Wildman–Crippen MR) is 110 cm³/mol. The van der Waals surface area contributed by atoms with Crippen molar-refractivity contribution in [2.75, 3.05) is 14.2 Å². The highest BCUT2D eigenvalue weighted by molar-refractivity contribution is 5.96. The van der Waals surface area contributed by atoms with Crippen LogP contribution in [0.25, 0.3) is 22.6 Å². The lowest BCUT2D eigenvalue weighted by molar-refractivity contribution is -0.274. The molecule has 0 saturated carbocycles. The Bertz CT molecular complexity index is 1330. The monoisotopic (exact) mass is 459 g/mol. The molecule has 33 heavy (non-hydrogen) atoms. The number of benzene rings is 2. The first kappa shape index (κ1) is 21.9. The molecule has 2 aliphatic heterocycles. The van der Waals surface area contributed by atoms with Crippen LogP contribution in [-0.2, 0) is 4.74 Å². The Balaban J connectivity index is 1.83. The quantitative estimate of drug-likeness (QED) is 0.422. The number of carbonyl (C=O) groups is 1. The Labute approximate surface area is 184 Å². The number of carbonyl (C=O) groups excluding carboxylic acids is 1. The number of halogens is 3. The lowest BCUT2D eigenvalue weighted by atomic mass is 10.1. The normalized spacial score (nSPS) is 11.4. The van der Waals surface area contributed by atoms with E-state index in [9.17, 15) is 22.8 Å². The molecule has 0 aliphatic carbocycles. The molecule has 2 aromatic carbocycles. The summed E-state index contributed by atoms with van der Waals surface area (Å²) >= 11 is 0. The van der Waals surface area contributed by atoms with Crippen molar-refractivity contribution in [3.8, 4) is 34.1 Å². The van der Waals surface area contributed by atoms with Gasteiger partial charge in [0.25, 0.3) is 5.56 Å². The average Bonchev–Trinajstić information content (AvgIpc) is 3.14. The molecule has 2 aliphatic rings. The molecule has 0 atom stereocenters. The van der Waals surface area contributed by atoms with Gasteiger partial charge in [-0.1, -0.05) is 0 Å². The summed E-state index contributed by atoms with van der Waals surface area (Å²) < 4.78 is 53.6. The smallest absolute Gasteiger partial charge is 0.497 e. The third-order valence-corrected chi connectivity index (χ3v) is 4.76. The maximum Gasteiger partial charge on any atom is 0.573 e. The Hall–Kier alpha value is -4.28. The predicted octanol–water partition coefficient (Wildman–Crippen LogP) is 3.82. The van der Waals surface area contributed by atoms with Gasteiger partial charge in [0, 0.05) is 18.1 Å². The minimum Gasteiger partial charge on any atom is -0.497 e. The summed E-state index contributed by atoms with van der Waals surface area (Å²) in [6, 6.07) is 11.5. The highest BCUT2D eigenvalue weighted by Gasteiger charge is 2.31. The first-order valence-electron chi connectivity index (χ1n) is 9.44. The number of fused-ring (bicyclic) bond motifs is 1. The standard InChI is InChI=1S/C22H16F3N3O5/c1-31-15-7-5-14(6-8-15)28-20(29)17-11-27(12-18(19(17)26-28)21(30)32-2)13-3-9-16(10-4-13)33-22(23,24)25/h3-12H,1-2H3.